The van der Waals surface area contributed by atoms with Gasteiger partial charge in [-0.3, -0.25) is 4.21 Å². The van der Waals surface area contributed by atoms with Crippen LogP contribution in [0.4, 0.5) is 17.6 Å². The van der Waals surface area contributed by atoms with Crippen molar-refractivity contribution in [2.45, 2.75) is 42.4 Å². The standard InChI is InChI=1S/C15H14F4OS/c16-14-8-10(15(17,18)19)4-5-13(14)9-6-11-2-1-3-12(7-9)21(11)20/h4-6,8,11-12H,1-3,7H2. The van der Waals surface area contributed by atoms with Crippen LogP contribution in [0.2, 0.25) is 0 Å². The Balaban J connectivity index is 1.96. The third-order valence-electron chi connectivity index (χ3n) is 4.12. The molecule has 114 valence electrons. The van der Waals surface area contributed by atoms with Crippen LogP contribution in [0.5, 0.6) is 0 Å². The third-order valence-corrected chi connectivity index (χ3v) is 6.15. The monoisotopic (exact) mass is 318 g/mol. The normalized spacial score (nSPS) is 29.1. The molecule has 0 N–H and O–H groups in total. The molecule has 1 fully saturated rings. The molecule has 2 bridgehead atoms. The molecule has 1 aromatic rings. The molecule has 0 aromatic heterocycles. The van der Waals surface area contributed by atoms with E-state index in [1.807, 2.05) is 0 Å². The summed E-state index contributed by atoms with van der Waals surface area (Å²) in [6.45, 7) is 0. The van der Waals surface area contributed by atoms with Crippen molar-refractivity contribution in [2.75, 3.05) is 0 Å². The largest absolute Gasteiger partial charge is 0.416 e. The van der Waals surface area contributed by atoms with Crippen LogP contribution in [0.1, 0.15) is 36.8 Å². The third kappa shape index (κ3) is 2.78. The summed E-state index contributed by atoms with van der Waals surface area (Å²) >= 11 is 0. The number of alkyl halides is 3. The lowest BCUT2D eigenvalue weighted by Gasteiger charge is -2.33. The van der Waals surface area contributed by atoms with E-state index in [1.54, 1.807) is 6.08 Å². The molecule has 1 nitrogen and oxygen atoms in total. The Kier molecular flexibility index (Phi) is 3.67. The molecule has 2 aliphatic rings. The fourth-order valence-electron chi connectivity index (χ4n) is 3.05. The summed E-state index contributed by atoms with van der Waals surface area (Å²) in [6, 6.07) is 2.63. The van der Waals surface area contributed by atoms with Gasteiger partial charge in [-0.25, -0.2) is 4.39 Å². The summed E-state index contributed by atoms with van der Waals surface area (Å²) in [5, 5.41) is -0.0837. The Labute approximate surface area is 122 Å². The van der Waals surface area contributed by atoms with Crippen molar-refractivity contribution in [2.24, 2.45) is 0 Å². The highest BCUT2D eigenvalue weighted by Crippen LogP contribution is 2.39. The minimum absolute atomic E-state index is 0.00504. The molecule has 2 aliphatic heterocycles. The molecule has 3 unspecified atom stereocenters. The Hall–Kier alpha value is -1.17. The van der Waals surface area contributed by atoms with Gasteiger partial charge < -0.3 is 0 Å². The van der Waals surface area contributed by atoms with Crippen LogP contribution >= 0.6 is 0 Å². The van der Waals surface area contributed by atoms with Crippen molar-refractivity contribution in [3.8, 4) is 0 Å². The highest BCUT2D eigenvalue weighted by atomic mass is 32.2. The molecule has 0 radical (unpaired) electrons. The molecule has 3 atom stereocenters. The van der Waals surface area contributed by atoms with Crippen LogP contribution in [-0.4, -0.2) is 14.7 Å². The van der Waals surface area contributed by atoms with Crippen LogP contribution in [0.15, 0.2) is 24.3 Å². The fraction of sp³-hybridized carbons (Fsp3) is 0.467. The second-order valence-electron chi connectivity index (χ2n) is 5.51. The first kappa shape index (κ1) is 14.8. The summed E-state index contributed by atoms with van der Waals surface area (Å²) in [5.74, 6) is -0.859. The van der Waals surface area contributed by atoms with Gasteiger partial charge in [0.2, 0.25) is 0 Å². The maximum atomic E-state index is 14.0. The van der Waals surface area contributed by atoms with Crippen LogP contribution in [0, 0.1) is 5.82 Å². The van der Waals surface area contributed by atoms with Gasteiger partial charge in [-0.05, 0) is 37.0 Å². The van der Waals surface area contributed by atoms with E-state index >= 15 is 0 Å². The molecule has 0 aliphatic carbocycles. The van der Waals surface area contributed by atoms with Crippen molar-refractivity contribution in [3.05, 3.63) is 41.2 Å². The number of allylic oxidation sites excluding steroid dienone is 1. The number of fused-ring (bicyclic) bond motifs is 2. The molecule has 0 amide bonds. The van der Waals surface area contributed by atoms with E-state index in [2.05, 4.69) is 0 Å². The predicted octanol–water partition coefficient (Wildman–Crippen LogP) is 4.30. The van der Waals surface area contributed by atoms with Gasteiger partial charge in [0.1, 0.15) is 5.82 Å². The SMILES string of the molecule is O=S1C2C=C(c3ccc(C(F)(F)F)cc3F)CC1CCC2. The molecule has 2 heterocycles. The highest BCUT2D eigenvalue weighted by Gasteiger charge is 2.35. The second kappa shape index (κ2) is 5.23. The summed E-state index contributed by atoms with van der Waals surface area (Å²) in [6.07, 6.45) is 0.360. The zero-order valence-electron chi connectivity index (χ0n) is 11.1. The molecule has 3 rings (SSSR count). The first-order valence-corrected chi connectivity index (χ1v) is 8.11. The molecule has 1 aromatic carbocycles. The Morgan fingerprint density at radius 2 is 1.95 bits per heavy atom. The zero-order valence-corrected chi connectivity index (χ0v) is 11.9. The zero-order chi connectivity index (χ0) is 15.2. The summed E-state index contributed by atoms with van der Waals surface area (Å²) in [5.41, 5.74) is -0.0870. The Morgan fingerprint density at radius 3 is 2.57 bits per heavy atom. The molecular weight excluding hydrogens is 304 g/mol. The van der Waals surface area contributed by atoms with Crippen molar-refractivity contribution in [1.82, 2.24) is 0 Å². The van der Waals surface area contributed by atoms with E-state index in [9.17, 15) is 21.8 Å². The van der Waals surface area contributed by atoms with Crippen LogP contribution in [-0.2, 0) is 17.0 Å². The van der Waals surface area contributed by atoms with E-state index in [0.717, 1.165) is 25.3 Å². The average molecular weight is 318 g/mol. The van der Waals surface area contributed by atoms with E-state index in [-0.39, 0.29) is 16.1 Å². The Morgan fingerprint density at radius 1 is 1.19 bits per heavy atom. The Bertz CT molecular complexity index is 621. The first-order chi connectivity index (χ1) is 9.86. The first-order valence-electron chi connectivity index (χ1n) is 6.83. The quantitative estimate of drug-likeness (QED) is 0.706. The maximum Gasteiger partial charge on any atom is 0.416 e. The smallest absolute Gasteiger partial charge is 0.259 e. The minimum atomic E-state index is -4.54. The lowest BCUT2D eigenvalue weighted by atomic mass is 9.92. The molecule has 6 heteroatoms. The molecule has 0 spiro atoms. The molecule has 1 saturated heterocycles. The van der Waals surface area contributed by atoms with Crippen LogP contribution in [0.25, 0.3) is 5.57 Å². The van der Waals surface area contributed by atoms with E-state index in [1.165, 1.54) is 6.07 Å². The number of halogens is 4. The number of rotatable bonds is 1. The summed E-state index contributed by atoms with van der Waals surface area (Å²) < 4.78 is 63.8. The van der Waals surface area contributed by atoms with Gasteiger partial charge in [-0.2, -0.15) is 13.2 Å². The molecular formula is C15H14F4OS. The van der Waals surface area contributed by atoms with Gasteiger partial charge in [-0.15, -0.1) is 0 Å². The topological polar surface area (TPSA) is 17.1 Å². The maximum absolute atomic E-state index is 14.0. The lowest BCUT2D eigenvalue weighted by molar-refractivity contribution is -0.137. The van der Waals surface area contributed by atoms with Crippen LogP contribution in [0.3, 0.4) is 0 Å². The van der Waals surface area contributed by atoms with Gasteiger partial charge in [-0.1, -0.05) is 18.6 Å². The van der Waals surface area contributed by atoms with Gasteiger partial charge in [0.05, 0.1) is 10.8 Å². The van der Waals surface area contributed by atoms with Crippen molar-refractivity contribution >= 4 is 16.4 Å². The summed E-state index contributed by atoms with van der Waals surface area (Å²) in [4.78, 5) is 0. The van der Waals surface area contributed by atoms with Crippen LogP contribution < -0.4 is 0 Å². The second-order valence-corrected chi connectivity index (χ2v) is 7.44. The van der Waals surface area contributed by atoms with Crippen molar-refractivity contribution in [1.29, 1.82) is 0 Å². The van der Waals surface area contributed by atoms with Crippen molar-refractivity contribution in [3.63, 3.8) is 0 Å². The van der Waals surface area contributed by atoms with E-state index < -0.39 is 28.4 Å². The predicted molar refractivity (Wildman–Crippen MR) is 73.6 cm³/mol. The van der Waals surface area contributed by atoms with E-state index in [0.29, 0.717) is 18.1 Å². The van der Waals surface area contributed by atoms with Gasteiger partial charge in [0.15, 0.2) is 0 Å². The number of benzene rings is 1. The average Bonchev–Trinajstić information content (AvgIpc) is 2.37. The van der Waals surface area contributed by atoms with Gasteiger partial charge >= 0.3 is 6.18 Å². The van der Waals surface area contributed by atoms with Gasteiger partial charge in [0, 0.05) is 21.6 Å². The fourth-order valence-corrected chi connectivity index (χ4v) is 4.98. The lowest BCUT2D eigenvalue weighted by Crippen LogP contribution is -2.33. The minimum Gasteiger partial charge on any atom is -0.259 e. The van der Waals surface area contributed by atoms with Crippen molar-refractivity contribution < 1.29 is 21.8 Å². The van der Waals surface area contributed by atoms with E-state index in [4.69, 9.17) is 0 Å². The van der Waals surface area contributed by atoms with Gasteiger partial charge in [0.25, 0.3) is 0 Å². The number of hydrogen-bond acceptors (Lipinski definition) is 1. The summed E-state index contributed by atoms with van der Waals surface area (Å²) in [7, 11) is -0.934. The molecule has 21 heavy (non-hydrogen) atoms. The molecule has 0 saturated carbocycles. The highest BCUT2D eigenvalue weighted by molar-refractivity contribution is 7.86. The number of hydrogen-bond donors (Lipinski definition) is 0.